The molecule has 1 aromatic rings. The Morgan fingerprint density at radius 3 is 2.53 bits per heavy atom. The van der Waals surface area contributed by atoms with Crippen LogP contribution in [0.2, 0.25) is 0 Å². The molecule has 1 aromatic carbocycles. The number of nitrogens with zero attached hydrogens (tertiary/aromatic N) is 1. The van der Waals surface area contributed by atoms with Gasteiger partial charge in [-0.2, -0.15) is 0 Å². The van der Waals surface area contributed by atoms with Gasteiger partial charge in [0, 0.05) is 19.6 Å². The summed E-state index contributed by atoms with van der Waals surface area (Å²) in [5.41, 5.74) is 4.37. The number of aryl methyl sites for hydroxylation is 2. The molecule has 17 heavy (non-hydrogen) atoms. The van der Waals surface area contributed by atoms with Gasteiger partial charge in [-0.05, 0) is 50.0 Å². The van der Waals surface area contributed by atoms with Crippen LogP contribution in [0.3, 0.4) is 0 Å². The Balaban J connectivity index is 0.00000144. The maximum absolute atomic E-state index is 3.45. The van der Waals surface area contributed by atoms with Crippen molar-refractivity contribution in [1.82, 2.24) is 10.2 Å². The SMILES string of the molecule is Cc1cccc(C)c1CN1CCCNCC1.Cl. The van der Waals surface area contributed by atoms with Gasteiger partial charge >= 0.3 is 0 Å². The van der Waals surface area contributed by atoms with Gasteiger partial charge in [0.1, 0.15) is 0 Å². The van der Waals surface area contributed by atoms with Gasteiger partial charge in [0.15, 0.2) is 0 Å². The van der Waals surface area contributed by atoms with Gasteiger partial charge in [0.25, 0.3) is 0 Å². The van der Waals surface area contributed by atoms with Crippen molar-refractivity contribution in [1.29, 1.82) is 0 Å². The predicted molar refractivity (Wildman–Crippen MR) is 75.9 cm³/mol. The highest BCUT2D eigenvalue weighted by Crippen LogP contribution is 2.16. The molecule has 0 spiro atoms. The summed E-state index contributed by atoms with van der Waals surface area (Å²) in [5.74, 6) is 0. The minimum atomic E-state index is 0. The van der Waals surface area contributed by atoms with Gasteiger partial charge in [-0.15, -0.1) is 12.4 Å². The molecule has 96 valence electrons. The standard InChI is InChI=1S/C14H22N2.ClH/c1-12-5-3-6-13(2)14(12)11-16-9-4-7-15-8-10-16;/h3,5-6,15H,4,7-11H2,1-2H3;1H. The molecule has 1 heterocycles. The summed E-state index contributed by atoms with van der Waals surface area (Å²) >= 11 is 0. The van der Waals surface area contributed by atoms with Crippen LogP contribution >= 0.6 is 12.4 Å². The molecule has 2 rings (SSSR count). The molecule has 0 amide bonds. The second-order valence-electron chi connectivity index (χ2n) is 4.75. The van der Waals surface area contributed by atoms with Crippen molar-refractivity contribution in [3.63, 3.8) is 0 Å². The van der Waals surface area contributed by atoms with Crippen molar-refractivity contribution in [2.75, 3.05) is 26.2 Å². The quantitative estimate of drug-likeness (QED) is 0.873. The molecule has 1 fully saturated rings. The van der Waals surface area contributed by atoms with E-state index >= 15 is 0 Å². The highest BCUT2D eigenvalue weighted by molar-refractivity contribution is 5.85. The van der Waals surface area contributed by atoms with E-state index in [1.165, 1.54) is 42.7 Å². The van der Waals surface area contributed by atoms with Crippen LogP contribution in [0.15, 0.2) is 18.2 Å². The van der Waals surface area contributed by atoms with Crippen LogP contribution in [0.25, 0.3) is 0 Å². The van der Waals surface area contributed by atoms with E-state index in [4.69, 9.17) is 0 Å². The molecule has 1 aliphatic rings. The summed E-state index contributed by atoms with van der Waals surface area (Å²) < 4.78 is 0. The molecule has 1 N–H and O–H groups in total. The first-order valence-electron chi connectivity index (χ1n) is 6.25. The van der Waals surface area contributed by atoms with Crippen molar-refractivity contribution < 1.29 is 0 Å². The Labute approximate surface area is 111 Å². The van der Waals surface area contributed by atoms with Crippen LogP contribution in [0.4, 0.5) is 0 Å². The number of nitrogens with one attached hydrogen (secondary N) is 1. The summed E-state index contributed by atoms with van der Waals surface area (Å²) in [5, 5.41) is 3.45. The van der Waals surface area contributed by atoms with Crippen molar-refractivity contribution in [3.8, 4) is 0 Å². The summed E-state index contributed by atoms with van der Waals surface area (Å²) in [6.07, 6.45) is 1.27. The summed E-state index contributed by atoms with van der Waals surface area (Å²) in [7, 11) is 0. The number of hydrogen-bond acceptors (Lipinski definition) is 2. The monoisotopic (exact) mass is 254 g/mol. The Morgan fingerprint density at radius 2 is 1.82 bits per heavy atom. The lowest BCUT2D eigenvalue weighted by atomic mass is 10.0. The summed E-state index contributed by atoms with van der Waals surface area (Å²) in [6.45, 7) is 10.2. The Kier molecular flexibility index (Phi) is 5.96. The van der Waals surface area contributed by atoms with E-state index in [9.17, 15) is 0 Å². The van der Waals surface area contributed by atoms with Gasteiger partial charge < -0.3 is 5.32 Å². The van der Waals surface area contributed by atoms with Crippen LogP contribution in [0.5, 0.6) is 0 Å². The molecule has 0 aromatic heterocycles. The zero-order valence-electron chi connectivity index (χ0n) is 10.8. The molecule has 0 unspecified atom stereocenters. The molecule has 0 radical (unpaired) electrons. The number of hydrogen-bond donors (Lipinski definition) is 1. The van der Waals surface area contributed by atoms with E-state index < -0.39 is 0 Å². The smallest absolute Gasteiger partial charge is 0.0239 e. The normalized spacial score (nSPS) is 17.3. The fourth-order valence-corrected chi connectivity index (χ4v) is 2.38. The van der Waals surface area contributed by atoms with Crippen LogP contribution in [0, 0.1) is 13.8 Å². The van der Waals surface area contributed by atoms with Crippen molar-refractivity contribution in [2.45, 2.75) is 26.8 Å². The van der Waals surface area contributed by atoms with E-state index in [1.54, 1.807) is 0 Å². The Bertz CT molecular complexity index is 324. The third-order valence-electron chi connectivity index (χ3n) is 3.46. The maximum Gasteiger partial charge on any atom is 0.0239 e. The summed E-state index contributed by atoms with van der Waals surface area (Å²) in [4.78, 5) is 2.56. The summed E-state index contributed by atoms with van der Waals surface area (Å²) in [6, 6.07) is 6.59. The van der Waals surface area contributed by atoms with Crippen molar-refractivity contribution in [2.24, 2.45) is 0 Å². The number of halogens is 1. The van der Waals surface area contributed by atoms with Crippen molar-refractivity contribution in [3.05, 3.63) is 34.9 Å². The number of benzene rings is 1. The molecule has 3 heteroatoms. The largest absolute Gasteiger partial charge is 0.315 e. The van der Waals surface area contributed by atoms with Crippen LogP contribution in [0.1, 0.15) is 23.1 Å². The first kappa shape index (κ1) is 14.5. The fourth-order valence-electron chi connectivity index (χ4n) is 2.38. The van der Waals surface area contributed by atoms with E-state index in [0.29, 0.717) is 0 Å². The Hall–Kier alpha value is -0.570. The van der Waals surface area contributed by atoms with E-state index in [-0.39, 0.29) is 12.4 Å². The second-order valence-corrected chi connectivity index (χ2v) is 4.75. The lowest BCUT2D eigenvalue weighted by molar-refractivity contribution is 0.283. The average molecular weight is 255 g/mol. The molecule has 0 saturated carbocycles. The lowest BCUT2D eigenvalue weighted by Crippen LogP contribution is -2.28. The average Bonchev–Trinajstić information content (AvgIpc) is 2.52. The second kappa shape index (κ2) is 7.00. The molecule has 1 aliphatic heterocycles. The molecular formula is C14H23ClN2. The maximum atomic E-state index is 3.45. The van der Waals surface area contributed by atoms with Crippen LogP contribution < -0.4 is 5.32 Å². The topological polar surface area (TPSA) is 15.3 Å². The highest BCUT2D eigenvalue weighted by atomic mass is 35.5. The molecule has 0 atom stereocenters. The zero-order chi connectivity index (χ0) is 11.4. The highest BCUT2D eigenvalue weighted by Gasteiger charge is 2.11. The molecule has 1 saturated heterocycles. The van der Waals surface area contributed by atoms with Crippen LogP contribution in [-0.2, 0) is 6.54 Å². The molecular weight excluding hydrogens is 232 g/mol. The van der Waals surface area contributed by atoms with Crippen LogP contribution in [-0.4, -0.2) is 31.1 Å². The predicted octanol–water partition coefficient (Wildman–Crippen LogP) is 2.52. The van der Waals surface area contributed by atoms with E-state index in [1.807, 2.05) is 0 Å². The van der Waals surface area contributed by atoms with Gasteiger partial charge in [-0.1, -0.05) is 18.2 Å². The third kappa shape index (κ3) is 3.98. The van der Waals surface area contributed by atoms with Crippen molar-refractivity contribution >= 4 is 12.4 Å². The molecule has 2 nitrogen and oxygen atoms in total. The number of rotatable bonds is 2. The first-order valence-corrected chi connectivity index (χ1v) is 6.25. The lowest BCUT2D eigenvalue weighted by Gasteiger charge is -2.21. The van der Waals surface area contributed by atoms with Gasteiger partial charge in [-0.3, -0.25) is 4.90 Å². The first-order chi connectivity index (χ1) is 7.77. The van der Waals surface area contributed by atoms with Gasteiger partial charge in [0.2, 0.25) is 0 Å². The van der Waals surface area contributed by atoms with Gasteiger partial charge in [0.05, 0.1) is 0 Å². The molecule has 0 aliphatic carbocycles. The minimum absolute atomic E-state index is 0. The van der Waals surface area contributed by atoms with E-state index in [0.717, 1.165) is 13.1 Å². The Morgan fingerprint density at radius 1 is 1.12 bits per heavy atom. The zero-order valence-corrected chi connectivity index (χ0v) is 11.6. The minimum Gasteiger partial charge on any atom is -0.315 e. The van der Waals surface area contributed by atoms with Gasteiger partial charge in [-0.25, -0.2) is 0 Å². The van der Waals surface area contributed by atoms with E-state index in [2.05, 4.69) is 42.3 Å². The molecule has 0 bridgehead atoms. The fraction of sp³-hybridized carbons (Fsp3) is 0.571. The third-order valence-corrected chi connectivity index (χ3v) is 3.46.